The number of hydrogen-bond acceptors (Lipinski definition) is 5. The number of rotatable bonds is 4. The summed E-state index contributed by atoms with van der Waals surface area (Å²) in [6.45, 7) is 0.870. The fourth-order valence-electron chi connectivity index (χ4n) is 3.01. The van der Waals surface area contributed by atoms with Gasteiger partial charge in [-0.15, -0.1) is 0 Å². The van der Waals surface area contributed by atoms with Gasteiger partial charge in [-0.2, -0.15) is 0 Å². The van der Waals surface area contributed by atoms with Gasteiger partial charge in [0.1, 0.15) is 10.9 Å². The summed E-state index contributed by atoms with van der Waals surface area (Å²) >= 11 is 6.75. The SMILES string of the molecule is COc1cccc2c1OCC(/C=C1\SC(=S)N(Cc3ccccc3)C1=O)=C2. The number of thioether (sulfide) groups is 1. The van der Waals surface area contributed by atoms with E-state index in [2.05, 4.69) is 0 Å². The predicted molar refractivity (Wildman–Crippen MR) is 112 cm³/mol. The molecule has 0 saturated carbocycles. The Labute approximate surface area is 167 Å². The maximum absolute atomic E-state index is 12.8. The van der Waals surface area contributed by atoms with E-state index < -0.39 is 0 Å². The number of para-hydroxylation sites is 1. The zero-order valence-electron chi connectivity index (χ0n) is 14.7. The molecule has 1 saturated heterocycles. The fourth-order valence-corrected chi connectivity index (χ4v) is 4.28. The van der Waals surface area contributed by atoms with E-state index in [4.69, 9.17) is 21.7 Å². The molecule has 27 heavy (non-hydrogen) atoms. The van der Waals surface area contributed by atoms with Crippen molar-refractivity contribution in [3.8, 4) is 11.5 Å². The normalized spacial score (nSPS) is 17.6. The number of hydrogen-bond donors (Lipinski definition) is 0. The summed E-state index contributed by atoms with van der Waals surface area (Å²) in [7, 11) is 1.62. The lowest BCUT2D eigenvalue weighted by Crippen LogP contribution is -2.27. The average molecular weight is 396 g/mol. The summed E-state index contributed by atoms with van der Waals surface area (Å²) in [6, 6.07) is 15.6. The summed E-state index contributed by atoms with van der Waals surface area (Å²) in [5.41, 5.74) is 2.92. The Hall–Kier alpha value is -2.57. The largest absolute Gasteiger partial charge is 0.493 e. The summed E-state index contributed by atoms with van der Waals surface area (Å²) in [6.07, 6.45) is 3.89. The van der Waals surface area contributed by atoms with Gasteiger partial charge in [-0.3, -0.25) is 9.69 Å². The number of ether oxygens (including phenoxy) is 2. The molecule has 0 atom stereocenters. The van der Waals surface area contributed by atoms with E-state index in [9.17, 15) is 4.79 Å². The molecule has 4 nitrogen and oxygen atoms in total. The van der Waals surface area contributed by atoms with Crippen molar-refractivity contribution in [3.05, 3.63) is 76.2 Å². The zero-order chi connectivity index (χ0) is 18.8. The van der Waals surface area contributed by atoms with Gasteiger partial charge in [0.25, 0.3) is 5.91 Å². The molecule has 2 aliphatic heterocycles. The van der Waals surface area contributed by atoms with Crippen molar-refractivity contribution in [2.75, 3.05) is 13.7 Å². The number of amides is 1. The highest BCUT2D eigenvalue weighted by atomic mass is 32.2. The highest BCUT2D eigenvalue weighted by Gasteiger charge is 2.32. The summed E-state index contributed by atoms with van der Waals surface area (Å²) in [5, 5.41) is 0. The monoisotopic (exact) mass is 395 g/mol. The Morgan fingerprint density at radius 3 is 2.81 bits per heavy atom. The Morgan fingerprint density at radius 1 is 1.22 bits per heavy atom. The van der Waals surface area contributed by atoms with Crippen LogP contribution in [0.5, 0.6) is 11.5 Å². The first-order valence-electron chi connectivity index (χ1n) is 8.45. The van der Waals surface area contributed by atoms with Gasteiger partial charge in [-0.05, 0) is 29.4 Å². The van der Waals surface area contributed by atoms with E-state index in [-0.39, 0.29) is 5.91 Å². The third-order valence-electron chi connectivity index (χ3n) is 4.33. The first-order valence-corrected chi connectivity index (χ1v) is 9.68. The third-order valence-corrected chi connectivity index (χ3v) is 5.70. The van der Waals surface area contributed by atoms with E-state index in [0.717, 1.165) is 22.4 Å². The lowest BCUT2D eigenvalue weighted by atomic mass is 10.1. The molecule has 2 aliphatic rings. The molecule has 0 unspecified atom stereocenters. The zero-order valence-corrected chi connectivity index (χ0v) is 16.3. The van der Waals surface area contributed by atoms with Gasteiger partial charge in [-0.1, -0.05) is 66.4 Å². The Bertz CT molecular complexity index is 967. The fraction of sp³-hybridized carbons (Fsp3) is 0.143. The standard InChI is InChI=1S/C21H17NO3S2/c1-24-17-9-5-8-16-10-15(13-25-19(16)17)11-18-20(23)22(21(26)27-18)12-14-6-3-2-4-7-14/h2-11H,12-13H2,1H3/b18-11-. The molecule has 2 heterocycles. The van der Waals surface area contributed by atoms with Crippen LogP contribution in [0.3, 0.4) is 0 Å². The van der Waals surface area contributed by atoms with Gasteiger partial charge in [0.2, 0.25) is 0 Å². The molecule has 0 aromatic heterocycles. The van der Waals surface area contributed by atoms with Crippen molar-refractivity contribution >= 4 is 40.3 Å². The Balaban J connectivity index is 1.57. The number of carbonyl (C=O) groups is 1. The highest BCUT2D eigenvalue weighted by molar-refractivity contribution is 8.26. The first kappa shape index (κ1) is 17.8. The van der Waals surface area contributed by atoms with Gasteiger partial charge in [0.15, 0.2) is 11.5 Å². The maximum Gasteiger partial charge on any atom is 0.266 e. The summed E-state index contributed by atoms with van der Waals surface area (Å²) in [5.74, 6) is 1.37. The molecular weight excluding hydrogens is 378 g/mol. The van der Waals surface area contributed by atoms with E-state index in [1.807, 2.05) is 60.7 Å². The van der Waals surface area contributed by atoms with Crippen molar-refractivity contribution in [2.45, 2.75) is 6.54 Å². The minimum absolute atomic E-state index is 0.0637. The molecule has 136 valence electrons. The van der Waals surface area contributed by atoms with Crippen molar-refractivity contribution in [2.24, 2.45) is 0 Å². The lowest BCUT2D eigenvalue weighted by molar-refractivity contribution is -0.122. The van der Waals surface area contributed by atoms with Crippen LogP contribution in [0.4, 0.5) is 0 Å². The quantitative estimate of drug-likeness (QED) is 0.566. The van der Waals surface area contributed by atoms with Gasteiger partial charge in [-0.25, -0.2) is 0 Å². The van der Waals surface area contributed by atoms with Gasteiger partial charge in [0.05, 0.1) is 18.6 Å². The summed E-state index contributed by atoms with van der Waals surface area (Å²) < 4.78 is 11.8. The molecule has 2 aromatic carbocycles. The minimum Gasteiger partial charge on any atom is -0.493 e. The van der Waals surface area contributed by atoms with Crippen molar-refractivity contribution in [3.63, 3.8) is 0 Å². The number of thiocarbonyl (C=S) groups is 1. The Kier molecular flexibility index (Phi) is 5.01. The molecule has 6 heteroatoms. The van der Waals surface area contributed by atoms with E-state index in [1.54, 1.807) is 12.0 Å². The first-order chi connectivity index (χ1) is 13.2. The van der Waals surface area contributed by atoms with Crippen LogP contribution >= 0.6 is 24.0 Å². The highest BCUT2D eigenvalue weighted by Crippen LogP contribution is 2.38. The van der Waals surface area contributed by atoms with Crippen LogP contribution in [0.15, 0.2) is 65.1 Å². The number of carbonyl (C=O) groups excluding carboxylic acids is 1. The van der Waals surface area contributed by atoms with Gasteiger partial charge in [0, 0.05) is 5.56 Å². The minimum atomic E-state index is -0.0637. The average Bonchev–Trinajstić information content (AvgIpc) is 2.95. The smallest absolute Gasteiger partial charge is 0.266 e. The molecule has 4 rings (SSSR count). The predicted octanol–water partition coefficient (Wildman–Crippen LogP) is 4.42. The van der Waals surface area contributed by atoms with Gasteiger partial charge < -0.3 is 9.47 Å². The number of benzene rings is 2. The number of methoxy groups -OCH3 is 1. The van der Waals surface area contributed by atoms with Crippen LogP contribution in [0.25, 0.3) is 6.08 Å². The van der Waals surface area contributed by atoms with Crippen molar-refractivity contribution < 1.29 is 14.3 Å². The molecule has 0 N–H and O–H groups in total. The van der Waals surface area contributed by atoms with E-state index in [1.165, 1.54) is 11.8 Å². The topological polar surface area (TPSA) is 38.8 Å². The maximum atomic E-state index is 12.8. The molecule has 0 radical (unpaired) electrons. The van der Waals surface area contributed by atoms with Crippen LogP contribution in [0.2, 0.25) is 0 Å². The summed E-state index contributed by atoms with van der Waals surface area (Å²) in [4.78, 5) is 15.1. The second-order valence-corrected chi connectivity index (χ2v) is 7.82. The second-order valence-electron chi connectivity index (χ2n) is 6.14. The Morgan fingerprint density at radius 2 is 2.04 bits per heavy atom. The number of fused-ring (bicyclic) bond motifs is 1. The van der Waals surface area contributed by atoms with Crippen molar-refractivity contribution in [1.82, 2.24) is 4.90 Å². The van der Waals surface area contributed by atoms with Crippen LogP contribution < -0.4 is 9.47 Å². The van der Waals surface area contributed by atoms with Crippen LogP contribution in [-0.4, -0.2) is 28.8 Å². The molecular formula is C21H17NO3S2. The van der Waals surface area contributed by atoms with Crippen molar-refractivity contribution in [1.29, 1.82) is 0 Å². The third kappa shape index (κ3) is 3.63. The lowest BCUT2D eigenvalue weighted by Gasteiger charge is -2.18. The van der Waals surface area contributed by atoms with Gasteiger partial charge >= 0.3 is 0 Å². The van der Waals surface area contributed by atoms with Crippen LogP contribution in [0, 0.1) is 0 Å². The van der Waals surface area contributed by atoms with Crippen LogP contribution in [-0.2, 0) is 11.3 Å². The molecule has 0 aliphatic carbocycles. The second kappa shape index (κ2) is 7.58. The molecule has 1 fully saturated rings. The molecule has 2 aromatic rings. The van der Waals surface area contributed by atoms with E-state index in [0.29, 0.717) is 28.1 Å². The molecule has 0 spiro atoms. The van der Waals surface area contributed by atoms with E-state index >= 15 is 0 Å². The molecule has 1 amide bonds. The molecule has 0 bridgehead atoms. The number of nitrogens with zero attached hydrogens (tertiary/aromatic N) is 1. The van der Waals surface area contributed by atoms with Crippen LogP contribution in [0.1, 0.15) is 11.1 Å².